The number of fused-ring (bicyclic) bond motifs is 3. The molecule has 0 unspecified atom stereocenters. The van der Waals surface area contributed by atoms with E-state index in [4.69, 9.17) is 19.3 Å². The first-order valence-corrected chi connectivity index (χ1v) is 12.4. The minimum atomic E-state index is -1.13. The Morgan fingerprint density at radius 3 is 2.64 bits per heavy atom. The molecule has 1 aromatic heterocycles. The topological polar surface area (TPSA) is 80.6 Å². The van der Waals surface area contributed by atoms with E-state index in [2.05, 4.69) is 31.9 Å². The van der Waals surface area contributed by atoms with Gasteiger partial charge in [-0.1, -0.05) is 15.9 Å². The van der Waals surface area contributed by atoms with Crippen molar-refractivity contribution in [3.8, 4) is 17.2 Å². The maximum atomic E-state index is 12.3. The molecule has 0 spiro atoms. The molecule has 170 valence electrons. The van der Waals surface area contributed by atoms with Crippen LogP contribution in [0.4, 0.5) is 0 Å². The maximum Gasteiger partial charge on any atom is 0.340 e. The number of thiophene rings is 1. The van der Waals surface area contributed by atoms with Crippen LogP contribution in [0.2, 0.25) is 0 Å². The molecule has 0 amide bonds. The summed E-state index contributed by atoms with van der Waals surface area (Å²) >= 11 is 8.68. The van der Waals surface area contributed by atoms with Crippen molar-refractivity contribution in [2.24, 2.45) is 5.10 Å². The van der Waals surface area contributed by atoms with E-state index < -0.39 is 12.2 Å². The second kappa shape index (κ2) is 8.66. The van der Waals surface area contributed by atoms with Crippen LogP contribution in [0, 0.1) is 0 Å². The van der Waals surface area contributed by atoms with Crippen molar-refractivity contribution in [3.05, 3.63) is 72.3 Å². The van der Waals surface area contributed by atoms with Crippen LogP contribution in [0.1, 0.15) is 45.1 Å². The smallest absolute Gasteiger partial charge is 0.340 e. The van der Waals surface area contributed by atoms with Crippen LogP contribution in [-0.4, -0.2) is 36.0 Å². The molecular weight excluding hydrogens is 576 g/mol. The molecule has 0 bridgehead atoms. The highest BCUT2D eigenvalue weighted by Gasteiger charge is 2.43. The van der Waals surface area contributed by atoms with Gasteiger partial charge in [0.05, 0.1) is 34.6 Å². The third kappa shape index (κ3) is 3.79. The number of rotatable bonds is 5. The molecule has 0 radical (unpaired) electrons. The predicted molar refractivity (Wildman–Crippen MR) is 132 cm³/mol. The lowest BCUT2D eigenvalue weighted by Crippen LogP contribution is -2.34. The zero-order valence-corrected chi connectivity index (χ0v) is 21.5. The van der Waals surface area contributed by atoms with Crippen LogP contribution in [0.3, 0.4) is 0 Å². The molecule has 2 aliphatic heterocycles. The molecule has 5 rings (SSSR count). The predicted octanol–water partition coefficient (Wildman–Crippen LogP) is 6.23. The van der Waals surface area contributed by atoms with Crippen molar-refractivity contribution in [1.82, 2.24) is 5.01 Å². The number of hydrogen-bond acceptors (Lipinski definition) is 7. The molecule has 0 saturated carbocycles. The van der Waals surface area contributed by atoms with Gasteiger partial charge in [0.2, 0.25) is 6.23 Å². The minimum Gasteiger partial charge on any atom is -0.493 e. The van der Waals surface area contributed by atoms with E-state index in [1.54, 1.807) is 23.5 Å². The Kier molecular flexibility index (Phi) is 5.84. The van der Waals surface area contributed by atoms with Crippen LogP contribution in [0.25, 0.3) is 0 Å². The number of ether oxygens (including phenoxy) is 3. The number of methoxy groups -OCH3 is 2. The van der Waals surface area contributed by atoms with Gasteiger partial charge >= 0.3 is 5.97 Å². The molecule has 2 aliphatic rings. The number of hydrazone groups is 1. The summed E-state index contributed by atoms with van der Waals surface area (Å²) in [6.07, 6.45) is -0.0816. The average Bonchev–Trinajstić information content (AvgIpc) is 3.44. The van der Waals surface area contributed by atoms with Crippen LogP contribution < -0.4 is 14.2 Å². The summed E-state index contributed by atoms with van der Waals surface area (Å²) in [7, 11) is 2.90. The highest BCUT2D eigenvalue weighted by Crippen LogP contribution is 2.50. The van der Waals surface area contributed by atoms with Gasteiger partial charge in [-0.2, -0.15) is 5.10 Å². The van der Waals surface area contributed by atoms with Crippen molar-refractivity contribution in [3.63, 3.8) is 0 Å². The van der Waals surface area contributed by atoms with Crippen LogP contribution in [-0.2, 0) is 0 Å². The first-order valence-electron chi connectivity index (χ1n) is 9.97. The number of carboxylic acid groups (broad SMARTS) is 1. The van der Waals surface area contributed by atoms with Crippen molar-refractivity contribution in [1.29, 1.82) is 0 Å². The molecule has 1 N–H and O–H groups in total. The third-order valence-electron chi connectivity index (χ3n) is 5.67. The monoisotopic (exact) mass is 592 g/mol. The summed E-state index contributed by atoms with van der Waals surface area (Å²) in [5.41, 5.74) is 2.35. The van der Waals surface area contributed by atoms with Gasteiger partial charge in [0, 0.05) is 22.0 Å². The summed E-state index contributed by atoms with van der Waals surface area (Å²) in [6, 6.07) is 13.1. The van der Waals surface area contributed by atoms with E-state index in [1.165, 1.54) is 14.2 Å². The molecule has 0 aliphatic carbocycles. The summed E-state index contributed by atoms with van der Waals surface area (Å²) in [4.78, 5) is 13.4. The number of carboxylic acids is 1. The number of halogens is 2. The maximum absolute atomic E-state index is 12.3. The highest BCUT2D eigenvalue weighted by atomic mass is 79.9. The Balaban J connectivity index is 1.68. The van der Waals surface area contributed by atoms with E-state index in [-0.39, 0.29) is 17.4 Å². The zero-order valence-electron chi connectivity index (χ0n) is 17.5. The van der Waals surface area contributed by atoms with Gasteiger partial charge < -0.3 is 19.3 Å². The lowest BCUT2D eigenvalue weighted by Gasteiger charge is -2.38. The van der Waals surface area contributed by atoms with E-state index in [0.29, 0.717) is 23.5 Å². The Bertz CT molecular complexity index is 1290. The molecule has 10 heteroatoms. The molecule has 7 nitrogen and oxygen atoms in total. The molecule has 0 saturated heterocycles. The van der Waals surface area contributed by atoms with Crippen LogP contribution in [0.15, 0.2) is 55.8 Å². The fraction of sp³-hybridized carbons (Fsp3) is 0.217. The molecule has 2 atom stereocenters. The van der Waals surface area contributed by atoms with Crippen LogP contribution >= 0.6 is 43.2 Å². The van der Waals surface area contributed by atoms with E-state index >= 15 is 0 Å². The second-order valence-corrected chi connectivity index (χ2v) is 10.9. The number of nitrogens with zero attached hydrogens (tertiary/aromatic N) is 2. The van der Waals surface area contributed by atoms with Crippen molar-refractivity contribution < 1.29 is 24.1 Å². The Morgan fingerprint density at radius 2 is 1.97 bits per heavy atom. The fourth-order valence-electron chi connectivity index (χ4n) is 4.25. The normalized spacial score (nSPS) is 18.8. The van der Waals surface area contributed by atoms with E-state index in [0.717, 1.165) is 24.4 Å². The lowest BCUT2D eigenvalue weighted by molar-refractivity contribution is -0.0199. The first kappa shape index (κ1) is 22.2. The van der Waals surface area contributed by atoms with E-state index in [1.807, 2.05) is 35.3 Å². The summed E-state index contributed by atoms with van der Waals surface area (Å²) in [6.45, 7) is 0. The van der Waals surface area contributed by atoms with Gasteiger partial charge in [-0.3, -0.25) is 0 Å². The molecule has 0 fully saturated rings. The average molecular weight is 594 g/mol. The summed E-state index contributed by atoms with van der Waals surface area (Å²) < 4.78 is 19.1. The Labute approximate surface area is 210 Å². The van der Waals surface area contributed by atoms with Gasteiger partial charge in [0.1, 0.15) is 11.3 Å². The Hall–Kier alpha value is -2.56. The van der Waals surface area contributed by atoms with Crippen molar-refractivity contribution in [2.45, 2.75) is 18.7 Å². The number of hydrogen-bond donors (Lipinski definition) is 1. The largest absolute Gasteiger partial charge is 0.493 e. The zero-order chi connectivity index (χ0) is 23.3. The fourth-order valence-corrected chi connectivity index (χ4v) is 6.01. The highest BCUT2D eigenvalue weighted by molar-refractivity contribution is 9.11. The SMILES string of the molecule is COc1ccc([C@@H]2Oc3ccc(Br)cc3[C@@H]3CC(c4ccc(Br)s4)=NN32)c(C(=O)O)c1OC. The molecule has 2 aromatic carbocycles. The van der Waals surface area contributed by atoms with Crippen LogP contribution in [0.5, 0.6) is 17.2 Å². The first-order chi connectivity index (χ1) is 15.9. The molecule has 3 aromatic rings. The summed E-state index contributed by atoms with van der Waals surface area (Å²) in [5.74, 6) is 0.0479. The molecule has 33 heavy (non-hydrogen) atoms. The second-order valence-electron chi connectivity index (χ2n) is 7.47. The minimum absolute atomic E-state index is 0.0105. The van der Waals surface area contributed by atoms with Crippen molar-refractivity contribution in [2.75, 3.05) is 14.2 Å². The van der Waals surface area contributed by atoms with Gasteiger partial charge in [-0.25, -0.2) is 9.80 Å². The number of benzene rings is 2. The van der Waals surface area contributed by atoms with Gasteiger partial charge in [-0.15, -0.1) is 11.3 Å². The number of carbonyl (C=O) groups is 1. The van der Waals surface area contributed by atoms with Gasteiger partial charge in [-0.05, 0) is 58.4 Å². The standard InChI is InChI=1S/C23H18Br2N2O5S/c1-30-17-6-4-12(20(23(28)29)21(17)31-2)22-27-15(13-9-11(24)3-5-16(13)32-22)10-14(26-27)18-7-8-19(25)33-18/h3-9,15,22H,10H2,1-2H3,(H,28,29)/t15-,22-/m0/s1. The number of aromatic carboxylic acids is 1. The Morgan fingerprint density at radius 1 is 1.15 bits per heavy atom. The van der Waals surface area contributed by atoms with Gasteiger partial charge in [0.25, 0.3) is 0 Å². The third-order valence-corrected chi connectivity index (χ3v) is 7.83. The molecular formula is C23H18Br2N2O5S. The van der Waals surface area contributed by atoms with Gasteiger partial charge in [0.15, 0.2) is 11.5 Å². The molecule has 3 heterocycles. The van der Waals surface area contributed by atoms with Crippen molar-refractivity contribution >= 4 is 54.9 Å². The quantitative estimate of drug-likeness (QED) is 0.378. The van der Waals surface area contributed by atoms with E-state index in [9.17, 15) is 9.90 Å². The summed E-state index contributed by atoms with van der Waals surface area (Å²) in [5, 5.41) is 16.8. The lowest BCUT2D eigenvalue weighted by atomic mass is 9.96.